The van der Waals surface area contributed by atoms with Gasteiger partial charge >= 0.3 is 5.97 Å². The van der Waals surface area contributed by atoms with Gasteiger partial charge in [-0.2, -0.15) is 5.10 Å². The summed E-state index contributed by atoms with van der Waals surface area (Å²) < 4.78 is 1.83. The first-order chi connectivity index (χ1) is 10.4. The number of amides is 1. The van der Waals surface area contributed by atoms with Gasteiger partial charge in [0.2, 0.25) is 0 Å². The zero-order valence-corrected chi connectivity index (χ0v) is 13.9. The van der Waals surface area contributed by atoms with Crippen molar-refractivity contribution in [3.63, 3.8) is 0 Å². The lowest BCUT2D eigenvalue weighted by molar-refractivity contribution is -0.139. The normalized spacial score (nSPS) is 12.4. The van der Waals surface area contributed by atoms with Gasteiger partial charge in [-0.3, -0.25) is 9.48 Å². The molecule has 1 aromatic rings. The summed E-state index contributed by atoms with van der Waals surface area (Å²) in [7, 11) is 0. The van der Waals surface area contributed by atoms with Crippen LogP contribution in [0.4, 0.5) is 0 Å². The minimum Gasteiger partial charge on any atom is -0.480 e. The number of hydrogen-bond acceptors (Lipinski definition) is 3. The van der Waals surface area contributed by atoms with Crippen LogP contribution in [0.25, 0.3) is 0 Å². The highest BCUT2D eigenvalue weighted by Gasteiger charge is 2.23. The maximum atomic E-state index is 12.4. The number of aliphatic carboxylic acids is 1. The zero-order chi connectivity index (χ0) is 16.7. The third-order valence-corrected chi connectivity index (χ3v) is 3.52. The van der Waals surface area contributed by atoms with E-state index >= 15 is 0 Å². The first kappa shape index (κ1) is 18.2. The standard InChI is InChI=1S/C16H27N3O3/c1-5-7-8-13(16(21)22)18-15(20)12-9-17-19(10-11(3)4)14(12)6-2/h9,11,13H,5-8,10H2,1-4H3,(H,18,20)(H,21,22)/t13-/m0/s1. The zero-order valence-electron chi connectivity index (χ0n) is 13.9. The summed E-state index contributed by atoms with van der Waals surface area (Å²) in [5.41, 5.74) is 1.33. The molecular formula is C16H27N3O3. The molecule has 0 saturated heterocycles. The highest BCUT2D eigenvalue weighted by atomic mass is 16.4. The Balaban J connectivity index is 2.87. The number of nitrogens with zero attached hydrogens (tertiary/aromatic N) is 2. The second-order valence-electron chi connectivity index (χ2n) is 5.94. The van der Waals surface area contributed by atoms with Crippen LogP contribution in [0.5, 0.6) is 0 Å². The van der Waals surface area contributed by atoms with Gasteiger partial charge in [0, 0.05) is 6.54 Å². The van der Waals surface area contributed by atoms with Gasteiger partial charge in [-0.25, -0.2) is 4.79 Å². The van der Waals surface area contributed by atoms with E-state index in [9.17, 15) is 14.7 Å². The summed E-state index contributed by atoms with van der Waals surface area (Å²) in [5, 5.41) is 16.1. The van der Waals surface area contributed by atoms with Crippen molar-refractivity contribution < 1.29 is 14.7 Å². The first-order valence-electron chi connectivity index (χ1n) is 7.98. The molecule has 1 amide bonds. The largest absolute Gasteiger partial charge is 0.480 e. The number of nitrogens with one attached hydrogen (secondary N) is 1. The van der Waals surface area contributed by atoms with Crippen LogP contribution in [0.1, 0.15) is 63.0 Å². The Morgan fingerprint density at radius 3 is 2.55 bits per heavy atom. The lowest BCUT2D eigenvalue weighted by atomic mass is 10.1. The van der Waals surface area contributed by atoms with Gasteiger partial charge in [0.05, 0.1) is 17.5 Å². The Kier molecular flexibility index (Phi) is 7.08. The van der Waals surface area contributed by atoms with E-state index in [1.807, 2.05) is 18.5 Å². The van der Waals surface area contributed by atoms with Crippen molar-refractivity contribution >= 4 is 11.9 Å². The second-order valence-corrected chi connectivity index (χ2v) is 5.94. The van der Waals surface area contributed by atoms with E-state index in [1.165, 1.54) is 6.20 Å². The molecule has 1 rings (SSSR count). The van der Waals surface area contributed by atoms with E-state index in [0.717, 1.165) is 25.1 Å². The number of aromatic nitrogens is 2. The second kappa shape index (κ2) is 8.56. The molecule has 0 bridgehead atoms. The summed E-state index contributed by atoms with van der Waals surface area (Å²) in [6.45, 7) is 8.88. The molecule has 0 fully saturated rings. The molecule has 1 aromatic heterocycles. The molecule has 0 unspecified atom stereocenters. The van der Waals surface area contributed by atoms with Gasteiger partial charge in [0.25, 0.3) is 5.91 Å². The van der Waals surface area contributed by atoms with Crippen molar-refractivity contribution in [3.05, 3.63) is 17.5 Å². The minimum atomic E-state index is -0.991. The monoisotopic (exact) mass is 309 g/mol. The van der Waals surface area contributed by atoms with Gasteiger partial charge < -0.3 is 10.4 Å². The van der Waals surface area contributed by atoms with Crippen LogP contribution in [0.15, 0.2) is 6.20 Å². The van der Waals surface area contributed by atoms with E-state index < -0.39 is 12.0 Å². The number of carbonyl (C=O) groups excluding carboxylic acids is 1. The van der Waals surface area contributed by atoms with Crippen LogP contribution in [-0.2, 0) is 17.8 Å². The molecule has 0 aromatic carbocycles. The maximum absolute atomic E-state index is 12.4. The molecule has 6 heteroatoms. The van der Waals surface area contributed by atoms with Crippen molar-refractivity contribution in [3.8, 4) is 0 Å². The first-order valence-corrected chi connectivity index (χ1v) is 7.98. The average Bonchev–Trinajstić information content (AvgIpc) is 2.84. The molecular weight excluding hydrogens is 282 g/mol. The Hall–Kier alpha value is -1.85. The van der Waals surface area contributed by atoms with Crippen LogP contribution in [0.2, 0.25) is 0 Å². The Morgan fingerprint density at radius 1 is 1.36 bits per heavy atom. The van der Waals surface area contributed by atoms with E-state index in [1.54, 1.807) is 0 Å². The summed E-state index contributed by atoms with van der Waals surface area (Å²) in [6.07, 6.45) is 4.33. The summed E-state index contributed by atoms with van der Waals surface area (Å²) >= 11 is 0. The predicted molar refractivity (Wildman–Crippen MR) is 84.9 cm³/mol. The molecule has 2 N–H and O–H groups in total. The summed E-state index contributed by atoms with van der Waals surface area (Å²) in [4.78, 5) is 23.6. The lowest BCUT2D eigenvalue weighted by Gasteiger charge is -2.14. The smallest absolute Gasteiger partial charge is 0.326 e. The van der Waals surface area contributed by atoms with Crippen LogP contribution < -0.4 is 5.32 Å². The van der Waals surface area contributed by atoms with Crippen LogP contribution in [-0.4, -0.2) is 32.8 Å². The number of carboxylic acids is 1. The minimum absolute atomic E-state index is 0.352. The molecule has 0 spiro atoms. The average molecular weight is 309 g/mol. The predicted octanol–water partition coefficient (Wildman–Crippen LogP) is 2.47. The molecule has 22 heavy (non-hydrogen) atoms. The summed E-state index contributed by atoms with van der Waals surface area (Å²) in [6, 6.07) is -0.842. The number of carboxylic acid groups (broad SMARTS) is 1. The van der Waals surface area contributed by atoms with Crippen molar-refractivity contribution in [2.24, 2.45) is 5.92 Å². The highest BCUT2D eigenvalue weighted by Crippen LogP contribution is 2.13. The SMILES string of the molecule is CCCC[C@H](NC(=O)c1cnn(CC(C)C)c1CC)C(=O)O. The van der Waals surface area contributed by atoms with Crippen LogP contribution >= 0.6 is 0 Å². The Labute approximate surface area is 131 Å². The molecule has 0 aliphatic carbocycles. The topological polar surface area (TPSA) is 84.2 Å². The highest BCUT2D eigenvalue weighted by molar-refractivity contribution is 5.97. The summed E-state index contributed by atoms with van der Waals surface area (Å²) in [5.74, 6) is -0.915. The third-order valence-electron chi connectivity index (χ3n) is 3.52. The molecule has 1 heterocycles. The fourth-order valence-electron chi connectivity index (χ4n) is 2.38. The third kappa shape index (κ3) is 4.86. The lowest BCUT2D eigenvalue weighted by Crippen LogP contribution is -2.41. The Bertz CT molecular complexity index is 509. The maximum Gasteiger partial charge on any atom is 0.326 e. The Morgan fingerprint density at radius 2 is 2.05 bits per heavy atom. The molecule has 1 atom stereocenters. The number of carbonyl (C=O) groups is 2. The fraction of sp³-hybridized carbons (Fsp3) is 0.688. The molecule has 0 aliphatic rings. The van der Waals surface area contributed by atoms with Gasteiger partial charge in [-0.1, -0.05) is 40.5 Å². The van der Waals surface area contributed by atoms with Gasteiger partial charge in [-0.05, 0) is 18.8 Å². The van der Waals surface area contributed by atoms with Gasteiger partial charge in [-0.15, -0.1) is 0 Å². The van der Waals surface area contributed by atoms with Gasteiger partial charge in [0.15, 0.2) is 0 Å². The number of unbranched alkanes of at least 4 members (excludes halogenated alkanes) is 1. The number of hydrogen-bond donors (Lipinski definition) is 2. The van der Waals surface area contributed by atoms with Crippen molar-refractivity contribution in [1.82, 2.24) is 15.1 Å². The van der Waals surface area contributed by atoms with Gasteiger partial charge in [0.1, 0.15) is 6.04 Å². The van der Waals surface area contributed by atoms with E-state index in [4.69, 9.17) is 0 Å². The van der Waals surface area contributed by atoms with E-state index in [2.05, 4.69) is 24.3 Å². The van der Waals surface area contributed by atoms with E-state index in [0.29, 0.717) is 24.3 Å². The fourth-order valence-corrected chi connectivity index (χ4v) is 2.38. The van der Waals surface area contributed by atoms with Crippen molar-refractivity contribution in [1.29, 1.82) is 0 Å². The molecule has 0 saturated carbocycles. The molecule has 124 valence electrons. The molecule has 6 nitrogen and oxygen atoms in total. The quantitative estimate of drug-likeness (QED) is 0.734. The van der Waals surface area contributed by atoms with Crippen LogP contribution in [0, 0.1) is 5.92 Å². The van der Waals surface area contributed by atoms with Crippen molar-refractivity contribution in [2.45, 2.75) is 66.0 Å². The van der Waals surface area contributed by atoms with Crippen molar-refractivity contribution in [2.75, 3.05) is 0 Å². The van der Waals surface area contributed by atoms with E-state index in [-0.39, 0.29) is 5.91 Å². The molecule has 0 aliphatic heterocycles. The van der Waals surface area contributed by atoms with Crippen LogP contribution in [0.3, 0.4) is 0 Å². The number of rotatable bonds is 9. The molecule has 0 radical (unpaired) electrons.